The highest BCUT2D eigenvalue weighted by molar-refractivity contribution is 7.91. The van der Waals surface area contributed by atoms with Gasteiger partial charge in [-0.1, -0.05) is 13.0 Å². The smallest absolute Gasteiger partial charge is 0.252 e. The number of pyridine rings is 1. The van der Waals surface area contributed by atoms with Gasteiger partial charge in [-0.15, -0.1) is 11.3 Å². The van der Waals surface area contributed by atoms with E-state index in [2.05, 4.69) is 4.98 Å². The van der Waals surface area contributed by atoms with Crippen LogP contribution in [-0.4, -0.2) is 24.3 Å². The third-order valence-corrected chi connectivity index (χ3v) is 6.26. The second kappa shape index (κ2) is 6.45. The molecule has 2 N–H and O–H groups in total. The van der Waals surface area contributed by atoms with E-state index in [1.54, 1.807) is 23.7 Å². The molecule has 108 valence electrons. The van der Waals surface area contributed by atoms with Gasteiger partial charge in [0.25, 0.3) is 10.0 Å². The number of thiophene rings is 1. The summed E-state index contributed by atoms with van der Waals surface area (Å²) in [5.41, 5.74) is 7.09. The molecule has 0 atom stereocenters. The average Bonchev–Trinajstić information content (AvgIpc) is 2.95. The number of hydrogen-bond acceptors (Lipinski definition) is 5. The van der Waals surface area contributed by atoms with Gasteiger partial charge in [0.1, 0.15) is 4.21 Å². The maximum atomic E-state index is 12.6. The van der Waals surface area contributed by atoms with Gasteiger partial charge in [-0.2, -0.15) is 4.31 Å². The maximum absolute atomic E-state index is 12.6. The molecule has 0 aliphatic carbocycles. The summed E-state index contributed by atoms with van der Waals surface area (Å²) in [6.07, 6.45) is 1.66. The summed E-state index contributed by atoms with van der Waals surface area (Å²) in [6, 6.07) is 7.11. The van der Waals surface area contributed by atoms with E-state index in [1.807, 2.05) is 19.1 Å². The average molecular weight is 311 g/mol. The minimum Gasteiger partial charge on any atom is -0.326 e. The Labute approximate surface area is 123 Å². The zero-order chi connectivity index (χ0) is 14.6. The molecule has 0 radical (unpaired) electrons. The predicted molar refractivity (Wildman–Crippen MR) is 79.7 cm³/mol. The van der Waals surface area contributed by atoms with Gasteiger partial charge in [-0.25, -0.2) is 8.42 Å². The van der Waals surface area contributed by atoms with Crippen LogP contribution in [0.3, 0.4) is 0 Å². The van der Waals surface area contributed by atoms with Crippen molar-refractivity contribution >= 4 is 21.4 Å². The van der Waals surface area contributed by atoms with Gasteiger partial charge in [-0.3, -0.25) is 4.98 Å². The number of rotatable bonds is 6. The first kappa shape index (κ1) is 15.1. The Morgan fingerprint density at radius 2 is 2.20 bits per heavy atom. The monoisotopic (exact) mass is 311 g/mol. The van der Waals surface area contributed by atoms with Crippen molar-refractivity contribution in [3.05, 3.63) is 47.1 Å². The molecule has 2 heterocycles. The van der Waals surface area contributed by atoms with E-state index in [9.17, 15) is 8.42 Å². The van der Waals surface area contributed by atoms with Crippen LogP contribution in [0.5, 0.6) is 0 Å². The molecular formula is C13H17N3O2S2. The van der Waals surface area contributed by atoms with E-state index in [-0.39, 0.29) is 6.54 Å². The van der Waals surface area contributed by atoms with Crippen LogP contribution in [-0.2, 0) is 23.1 Å². The molecular weight excluding hydrogens is 294 g/mol. The number of hydrogen-bond donors (Lipinski definition) is 1. The zero-order valence-corrected chi connectivity index (χ0v) is 12.8. The largest absolute Gasteiger partial charge is 0.326 e. The summed E-state index contributed by atoms with van der Waals surface area (Å²) < 4.78 is 26.9. The number of sulfonamides is 1. The van der Waals surface area contributed by atoms with E-state index < -0.39 is 10.0 Å². The number of nitrogens with two attached hydrogens (primary N) is 1. The summed E-state index contributed by atoms with van der Waals surface area (Å²) >= 11 is 1.21. The summed E-state index contributed by atoms with van der Waals surface area (Å²) in [7, 11) is -3.48. The molecule has 0 saturated carbocycles. The van der Waals surface area contributed by atoms with Gasteiger partial charge < -0.3 is 5.73 Å². The fourth-order valence-corrected chi connectivity index (χ4v) is 4.56. The summed E-state index contributed by atoms with van der Waals surface area (Å²) in [5.74, 6) is 0. The van der Waals surface area contributed by atoms with Gasteiger partial charge in [0.2, 0.25) is 0 Å². The normalized spacial score (nSPS) is 11.9. The Morgan fingerprint density at radius 3 is 2.75 bits per heavy atom. The van der Waals surface area contributed by atoms with Crippen molar-refractivity contribution in [2.45, 2.75) is 24.2 Å². The Bertz CT molecular complexity index is 653. The van der Waals surface area contributed by atoms with Gasteiger partial charge in [-0.05, 0) is 29.1 Å². The van der Waals surface area contributed by atoms with E-state index in [1.165, 1.54) is 15.6 Å². The molecule has 0 saturated heterocycles. The molecule has 0 spiro atoms. The van der Waals surface area contributed by atoms with Crippen molar-refractivity contribution in [3.63, 3.8) is 0 Å². The van der Waals surface area contributed by atoms with Gasteiger partial charge in [0.15, 0.2) is 0 Å². The second-order valence-electron chi connectivity index (χ2n) is 4.23. The van der Waals surface area contributed by atoms with Crippen LogP contribution in [0.4, 0.5) is 0 Å². The van der Waals surface area contributed by atoms with Crippen molar-refractivity contribution in [1.82, 2.24) is 9.29 Å². The molecule has 0 amide bonds. The number of aromatic nitrogens is 1. The van der Waals surface area contributed by atoms with Crippen LogP contribution < -0.4 is 5.73 Å². The number of nitrogens with zero attached hydrogens (tertiary/aromatic N) is 2. The van der Waals surface area contributed by atoms with E-state index >= 15 is 0 Å². The lowest BCUT2D eigenvalue weighted by atomic mass is 10.3. The minimum absolute atomic E-state index is 0.273. The van der Waals surface area contributed by atoms with E-state index in [0.29, 0.717) is 17.3 Å². The van der Waals surface area contributed by atoms with Crippen molar-refractivity contribution < 1.29 is 8.42 Å². The topological polar surface area (TPSA) is 76.3 Å². The SMILES string of the molecule is CCN(Cc1ccccn1)S(=O)(=O)c1cc(CN)cs1. The molecule has 2 aromatic heterocycles. The van der Waals surface area contributed by atoms with Crippen molar-refractivity contribution in [3.8, 4) is 0 Å². The first-order chi connectivity index (χ1) is 9.57. The van der Waals surface area contributed by atoms with Crippen LogP contribution in [0.25, 0.3) is 0 Å². The lowest BCUT2D eigenvalue weighted by Crippen LogP contribution is -2.30. The molecule has 0 aliphatic rings. The Morgan fingerprint density at radius 1 is 1.40 bits per heavy atom. The van der Waals surface area contributed by atoms with Crippen molar-refractivity contribution in [2.24, 2.45) is 5.73 Å². The third kappa shape index (κ3) is 3.24. The Balaban J connectivity index is 2.25. The molecule has 2 rings (SSSR count). The fraction of sp³-hybridized carbons (Fsp3) is 0.308. The lowest BCUT2D eigenvalue weighted by Gasteiger charge is -2.18. The Hall–Kier alpha value is -1.28. The Kier molecular flexibility index (Phi) is 4.87. The predicted octanol–water partition coefficient (Wildman–Crippen LogP) is 1.81. The van der Waals surface area contributed by atoms with E-state index in [0.717, 1.165) is 11.3 Å². The van der Waals surface area contributed by atoms with Gasteiger partial charge in [0.05, 0.1) is 12.2 Å². The minimum atomic E-state index is -3.48. The molecule has 20 heavy (non-hydrogen) atoms. The summed E-state index contributed by atoms with van der Waals surface area (Å²) in [5, 5.41) is 1.78. The van der Waals surface area contributed by atoms with Crippen LogP contribution in [0.15, 0.2) is 40.1 Å². The second-order valence-corrected chi connectivity index (χ2v) is 7.31. The highest BCUT2D eigenvalue weighted by Gasteiger charge is 2.25. The molecule has 7 heteroatoms. The maximum Gasteiger partial charge on any atom is 0.252 e. The van der Waals surface area contributed by atoms with Gasteiger partial charge >= 0.3 is 0 Å². The fourth-order valence-electron chi connectivity index (χ4n) is 1.76. The highest BCUT2D eigenvalue weighted by atomic mass is 32.2. The molecule has 0 fully saturated rings. The zero-order valence-electron chi connectivity index (χ0n) is 11.2. The molecule has 0 unspecified atom stereocenters. The summed E-state index contributed by atoms with van der Waals surface area (Å²) in [6.45, 7) is 2.83. The van der Waals surface area contributed by atoms with Crippen molar-refractivity contribution in [2.75, 3.05) is 6.54 Å². The standard InChI is InChI=1S/C13H17N3O2S2/c1-2-16(9-12-5-3-4-6-15-12)20(17,18)13-7-11(8-14)10-19-13/h3-7,10H,2,8-9,14H2,1H3. The highest BCUT2D eigenvalue weighted by Crippen LogP contribution is 2.24. The van der Waals surface area contributed by atoms with Gasteiger partial charge in [0, 0.05) is 19.3 Å². The molecule has 0 aromatic carbocycles. The van der Waals surface area contributed by atoms with Crippen LogP contribution in [0.2, 0.25) is 0 Å². The summed E-state index contributed by atoms with van der Waals surface area (Å²) in [4.78, 5) is 4.17. The first-order valence-electron chi connectivity index (χ1n) is 6.25. The quantitative estimate of drug-likeness (QED) is 0.883. The molecule has 5 nitrogen and oxygen atoms in total. The van der Waals surface area contributed by atoms with Crippen LogP contribution >= 0.6 is 11.3 Å². The van der Waals surface area contributed by atoms with Crippen LogP contribution in [0.1, 0.15) is 18.2 Å². The van der Waals surface area contributed by atoms with E-state index in [4.69, 9.17) is 5.73 Å². The molecule has 0 bridgehead atoms. The van der Waals surface area contributed by atoms with Crippen LogP contribution in [0, 0.1) is 0 Å². The molecule has 0 aliphatic heterocycles. The first-order valence-corrected chi connectivity index (χ1v) is 8.57. The van der Waals surface area contributed by atoms with Crippen molar-refractivity contribution in [1.29, 1.82) is 0 Å². The third-order valence-electron chi connectivity index (χ3n) is 2.88. The molecule has 2 aromatic rings. The lowest BCUT2D eigenvalue weighted by molar-refractivity contribution is 0.420.